The predicted molar refractivity (Wildman–Crippen MR) is 113 cm³/mol. The van der Waals surface area contributed by atoms with Crippen molar-refractivity contribution in [2.24, 2.45) is 0 Å². The van der Waals surface area contributed by atoms with Gasteiger partial charge in [0.1, 0.15) is 11.6 Å². The van der Waals surface area contributed by atoms with Crippen molar-refractivity contribution in [3.05, 3.63) is 59.7 Å². The third-order valence-corrected chi connectivity index (χ3v) is 6.15. The lowest BCUT2D eigenvalue weighted by Crippen LogP contribution is -2.55. The Morgan fingerprint density at radius 1 is 1.33 bits per heavy atom. The van der Waals surface area contributed by atoms with Crippen LogP contribution in [-0.2, 0) is 4.79 Å². The molecular weight excluding hydrogens is 383 g/mol. The highest BCUT2D eigenvalue weighted by molar-refractivity contribution is 5.77. The van der Waals surface area contributed by atoms with E-state index < -0.39 is 0 Å². The van der Waals surface area contributed by atoms with Gasteiger partial charge in [-0.25, -0.2) is 4.39 Å². The van der Waals surface area contributed by atoms with Gasteiger partial charge in [-0.1, -0.05) is 6.07 Å². The summed E-state index contributed by atoms with van der Waals surface area (Å²) in [6.45, 7) is 3.93. The fourth-order valence-corrected chi connectivity index (χ4v) is 4.68. The molecule has 2 fully saturated rings. The van der Waals surface area contributed by atoms with Gasteiger partial charge >= 0.3 is 0 Å². The Hall–Kier alpha value is -2.51. The van der Waals surface area contributed by atoms with Gasteiger partial charge in [-0.3, -0.25) is 20.6 Å². The molecule has 0 saturated carbocycles. The number of likely N-dealkylation sites (tertiary alicyclic amines) is 1. The number of hydrogen-bond acceptors (Lipinski definition) is 5. The zero-order valence-electron chi connectivity index (χ0n) is 17.3. The number of rotatable bonds is 6. The van der Waals surface area contributed by atoms with Gasteiger partial charge in [0.15, 0.2) is 0 Å². The molecule has 1 aromatic carbocycles. The minimum absolute atomic E-state index is 0.0926. The molecular formula is C23H29FN4O2. The number of carbonyl (C=O) groups excluding carboxylic acids is 1. The first kappa shape index (κ1) is 20.8. The van der Waals surface area contributed by atoms with E-state index in [2.05, 4.69) is 28.8 Å². The smallest absolute Gasteiger partial charge is 0.226 e. The summed E-state index contributed by atoms with van der Waals surface area (Å²) < 4.78 is 18.9. The number of hydrazine groups is 1. The second-order valence-electron chi connectivity index (χ2n) is 8.10. The lowest BCUT2D eigenvalue weighted by atomic mass is 9.83. The fourth-order valence-electron chi connectivity index (χ4n) is 4.68. The van der Waals surface area contributed by atoms with Crippen molar-refractivity contribution in [3.63, 3.8) is 0 Å². The Morgan fingerprint density at radius 2 is 2.23 bits per heavy atom. The molecule has 3 unspecified atom stereocenters. The molecule has 2 aliphatic heterocycles. The maximum Gasteiger partial charge on any atom is 0.226 e. The van der Waals surface area contributed by atoms with Gasteiger partial charge in [-0.2, -0.15) is 0 Å². The average molecular weight is 413 g/mol. The summed E-state index contributed by atoms with van der Waals surface area (Å²) in [4.78, 5) is 19.3. The van der Waals surface area contributed by atoms with E-state index in [0.717, 1.165) is 32.4 Å². The van der Waals surface area contributed by atoms with Crippen LogP contribution >= 0.6 is 0 Å². The van der Waals surface area contributed by atoms with Gasteiger partial charge in [0.25, 0.3) is 0 Å². The van der Waals surface area contributed by atoms with Crippen LogP contribution in [0.3, 0.4) is 0 Å². The van der Waals surface area contributed by atoms with E-state index in [-0.39, 0.29) is 42.8 Å². The van der Waals surface area contributed by atoms with Crippen LogP contribution in [0.1, 0.15) is 42.7 Å². The van der Waals surface area contributed by atoms with E-state index in [4.69, 9.17) is 4.74 Å². The molecule has 0 radical (unpaired) electrons. The number of amides is 1. The number of ether oxygens (including phenoxy) is 1. The molecule has 1 aromatic heterocycles. The Labute approximate surface area is 176 Å². The number of carbonyl (C=O) groups is 1. The molecule has 0 bridgehead atoms. The van der Waals surface area contributed by atoms with Crippen LogP contribution in [0.4, 0.5) is 4.39 Å². The SMILES string of the molecule is Cc1cnccc1C1CNNC1C1CCCCN1C(=O)CCOc1cccc(F)c1. The van der Waals surface area contributed by atoms with Crippen LogP contribution in [0.25, 0.3) is 0 Å². The van der Waals surface area contributed by atoms with Crippen molar-refractivity contribution in [1.29, 1.82) is 0 Å². The molecule has 2 aliphatic rings. The second kappa shape index (κ2) is 9.53. The molecule has 160 valence electrons. The zero-order chi connectivity index (χ0) is 20.9. The normalized spacial score (nSPS) is 24.1. The number of hydrogen-bond donors (Lipinski definition) is 2. The van der Waals surface area contributed by atoms with Crippen LogP contribution < -0.4 is 15.6 Å². The third kappa shape index (κ3) is 4.63. The number of nitrogens with zero attached hydrogens (tertiary/aromatic N) is 2. The number of halogens is 1. The number of pyridine rings is 1. The summed E-state index contributed by atoms with van der Waals surface area (Å²) in [5.74, 6) is 0.491. The number of nitrogens with one attached hydrogen (secondary N) is 2. The zero-order valence-corrected chi connectivity index (χ0v) is 17.3. The molecule has 2 saturated heterocycles. The molecule has 2 aromatic rings. The summed E-state index contributed by atoms with van der Waals surface area (Å²) in [6.07, 6.45) is 7.15. The molecule has 2 N–H and O–H groups in total. The number of piperidine rings is 1. The first-order valence-corrected chi connectivity index (χ1v) is 10.7. The maximum atomic E-state index is 13.3. The molecule has 30 heavy (non-hydrogen) atoms. The van der Waals surface area contributed by atoms with Crippen molar-refractivity contribution in [2.75, 3.05) is 19.7 Å². The van der Waals surface area contributed by atoms with Crippen molar-refractivity contribution in [1.82, 2.24) is 20.7 Å². The van der Waals surface area contributed by atoms with Crippen LogP contribution in [-0.4, -0.2) is 47.6 Å². The van der Waals surface area contributed by atoms with Gasteiger partial charge in [-0.15, -0.1) is 0 Å². The molecule has 0 aliphatic carbocycles. The average Bonchev–Trinajstić information content (AvgIpc) is 3.23. The predicted octanol–water partition coefficient (Wildman–Crippen LogP) is 2.94. The lowest BCUT2D eigenvalue weighted by molar-refractivity contribution is -0.136. The van der Waals surface area contributed by atoms with Crippen LogP contribution in [0.2, 0.25) is 0 Å². The Balaban J connectivity index is 1.42. The molecule has 3 atom stereocenters. The van der Waals surface area contributed by atoms with Gasteiger partial charge < -0.3 is 9.64 Å². The quantitative estimate of drug-likeness (QED) is 0.764. The molecule has 7 heteroatoms. The highest BCUT2D eigenvalue weighted by Gasteiger charge is 2.40. The highest BCUT2D eigenvalue weighted by Crippen LogP contribution is 2.32. The summed E-state index contributed by atoms with van der Waals surface area (Å²) in [5.41, 5.74) is 9.20. The van der Waals surface area contributed by atoms with Gasteiger partial charge in [0.2, 0.25) is 5.91 Å². The minimum atomic E-state index is -0.341. The van der Waals surface area contributed by atoms with E-state index >= 15 is 0 Å². The molecule has 1 amide bonds. The van der Waals surface area contributed by atoms with Crippen LogP contribution in [0.5, 0.6) is 5.75 Å². The van der Waals surface area contributed by atoms with E-state index in [9.17, 15) is 9.18 Å². The van der Waals surface area contributed by atoms with Gasteiger partial charge in [-0.05, 0) is 55.5 Å². The summed E-state index contributed by atoms with van der Waals surface area (Å²) >= 11 is 0. The van der Waals surface area contributed by atoms with Crippen molar-refractivity contribution in [2.45, 2.75) is 50.6 Å². The van der Waals surface area contributed by atoms with E-state index in [1.54, 1.807) is 12.1 Å². The first-order valence-electron chi connectivity index (χ1n) is 10.7. The van der Waals surface area contributed by atoms with Crippen molar-refractivity contribution in [3.8, 4) is 5.75 Å². The minimum Gasteiger partial charge on any atom is -0.493 e. The van der Waals surface area contributed by atoms with E-state index in [1.165, 1.54) is 23.3 Å². The Morgan fingerprint density at radius 3 is 3.07 bits per heavy atom. The van der Waals surface area contributed by atoms with E-state index in [0.29, 0.717) is 5.75 Å². The molecule has 0 spiro atoms. The van der Waals surface area contributed by atoms with Crippen LogP contribution in [0, 0.1) is 12.7 Å². The van der Waals surface area contributed by atoms with Crippen molar-refractivity contribution >= 4 is 5.91 Å². The molecule has 3 heterocycles. The topological polar surface area (TPSA) is 66.5 Å². The first-order chi connectivity index (χ1) is 14.6. The van der Waals surface area contributed by atoms with Gasteiger partial charge in [0, 0.05) is 49.6 Å². The number of aryl methyl sites for hydroxylation is 1. The maximum absolute atomic E-state index is 13.3. The standard InChI is InChI=1S/C23H29FN4O2/c1-16-14-25-10-8-19(16)20-15-26-27-23(20)21-7-2-3-11-28(21)22(29)9-12-30-18-6-4-5-17(24)13-18/h4-6,8,10,13-14,20-21,23,26-27H,2-3,7,9,11-12,15H2,1H3. The second-order valence-corrected chi connectivity index (χ2v) is 8.10. The largest absolute Gasteiger partial charge is 0.493 e. The summed E-state index contributed by atoms with van der Waals surface area (Å²) in [5, 5.41) is 0. The van der Waals surface area contributed by atoms with Crippen LogP contribution in [0.15, 0.2) is 42.7 Å². The lowest BCUT2D eigenvalue weighted by Gasteiger charge is -2.41. The molecule has 6 nitrogen and oxygen atoms in total. The Kier molecular flexibility index (Phi) is 6.59. The Bertz CT molecular complexity index is 878. The third-order valence-electron chi connectivity index (χ3n) is 6.15. The van der Waals surface area contributed by atoms with E-state index in [1.807, 2.05) is 17.3 Å². The highest BCUT2D eigenvalue weighted by atomic mass is 19.1. The number of benzene rings is 1. The summed E-state index contributed by atoms with van der Waals surface area (Å²) in [6, 6.07) is 8.39. The summed E-state index contributed by atoms with van der Waals surface area (Å²) in [7, 11) is 0. The van der Waals surface area contributed by atoms with Crippen molar-refractivity contribution < 1.29 is 13.9 Å². The number of aromatic nitrogens is 1. The monoisotopic (exact) mass is 412 g/mol. The fraction of sp³-hybridized carbons (Fsp3) is 0.478. The molecule has 4 rings (SSSR count). The van der Waals surface area contributed by atoms with Gasteiger partial charge in [0.05, 0.1) is 13.0 Å².